The molecule has 0 heterocycles. The normalized spacial score (nSPS) is 12.4. The molecule has 26 heavy (non-hydrogen) atoms. The molecule has 0 saturated heterocycles. The van der Waals surface area contributed by atoms with E-state index in [1.165, 1.54) is 12.1 Å². The number of hydrogen-bond donors (Lipinski definition) is 2. The van der Waals surface area contributed by atoms with Gasteiger partial charge in [-0.25, -0.2) is 8.42 Å². The smallest absolute Gasteiger partial charge is 0.262 e. The predicted molar refractivity (Wildman–Crippen MR) is 106 cm³/mol. The van der Waals surface area contributed by atoms with E-state index in [-0.39, 0.29) is 16.7 Å². The fourth-order valence-electron chi connectivity index (χ4n) is 2.61. The average Bonchev–Trinajstić information content (AvgIpc) is 2.57. The van der Waals surface area contributed by atoms with Crippen LogP contribution in [0.5, 0.6) is 0 Å². The van der Waals surface area contributed by atoms with Crippen LogP contribution in [0, 0.1) is 5.92 Å². The van der Waals surface area contributed by atoms with Crippen molar-refractivity contribution < 1.29 is 13.2 Å². The Balaban J connectivity index is 2.12. The zero-order valence-corrected chi connectivity index (χ0v) is 16.4. The summed E-state index contributed by atoms with van der Waals surface area (Å²) in [5, 5.41) is 3.07. The maximum atomic E-state index is 12.6. The highest BCUT2D eigenvalue weighted by Gasteiger charge is 2.17. The summed E-state index contributed by atoms with van der Waals surface area (Å²) < 4.78 is 27.6. The topological polar surface area (TPSA) is 75.3 Å². The second-order valence-electron chi connectivity index (χ2n) is 6.26. The Hall–Kier alpha value is -2.05. The Kier molecular flexibility index (Phi) is 7.06. The molecule has 0 aliphatic rings. The van der Waals surface area contributed by atoms with Gasteiger partial charge in [-0.3, -0.25) is 9.52 Å². The minimum absolute atomic E-state index is 0.0526. The lowest BCUT2D eigenvalue weighted by Crippen LogP contribution is -2.16. The summed E-state index contributed by atoms with van der Waals surface area (Å²) >= 11 is 6.01. The number of hydrogen-bond acceptors (Lipinski definition) is 3. The van der Waals surface area contributed by atoms with Crippen molar-refractivity contribution in [3.63, 3.8) is 0 Å². The zero-order valence-electron chi connectivity index (χ0n) is 14.8. The van der Waals surface area contributed by atoms with Gasteiger partial charge >= 0.3 is 0 Å². The maximum Gasteiger partial charge on any atom is 0.262 e. The minimum atomic E-state index is -3.81. The van der Waals surface area contributed by atoms with Crippen LogP contribution in [-0.2, 0) is 14.8 Å². The van der Waals surface area contributed by atoms with Crippen LogP contribution in [-0.4, -0.2) is 14.3 Å². The first kappa shape index (κ1) is 20.3. The van der Waals surface area contributed by atoms with Crippen LogP contribution in [0.2, 0.25) is 5.02 Å². The minimum Gasteiger partial charge on any atom is -0.326 e. The first-order valence-electron chi connectivity index (χ1n) is 8.49. The Morgan fingerprint density at radius 1 is 1.15 bits per heavy atom. The highest BCUT2D eigenvalue weighted by atomic mass is 35.5. The Bertz CT molecular complexity index is 869. The molecule has 2 aromatic rings. The van der Waals surface area contributed by atoms with E-state index in [4.69, 9.17) is 11.6 Å². The van der Waals surface area contributed by atoms with Crippen molar-refractivity contribution in [3.05, 3.63) is 53.6 Å². The third kappa shape index (κ3) is 5.75. The lowest BCUT2D eigenvalue weighted by atomic mass is 10.0. The SMILES string of the molecule is CCCC(C)CC(=O)Nc1cccc(S(=O)(=O)Nc2ccccc2Cl)c1. The number of carbonyl (C=O) groups excluding carboxylic acids is 1. The highest BCUT2D eigenvalue weighted by Crippen LogP contribution is 2.25. The third-order valence-electron chi connectivity index (χ3n) is 3.86. The van der Waals surface area contributed by atoms with Gasteiger partial charge in [-0.2, -0.15) is 0 Å². The second kappa shape index (κ2) is 9.05. The number of benzene rings is 2. The molecule has 0 aliphatic carbocycles. The quantitative estimate of drug-likeness (QED) is 0.668. The number of rotatable bonds is 8. The summed E-state index contributed by atoms with van der Waals surface area (Å²) in [5.74, 6) is 0.161. The molecule has 2 N–H and O–H groups in total. The lowest BCUT2D eigenvalue weighted by molar-refractivity contribution is -0.117. The molecule has 1 amide bonds. The molecule has 1 atom stereocenters. The van der Waals surface area contributed by atoms with E-state index in [1.54, 1.807) is 36.4 Å². The van der Waals surface area contributed by atoms with Crippen LogP contribution in [0.4, 0.5) is 11.4 Å². The molecule has 0 fully saturated rings. The monoisotopic (exact) mass is 394 g/mol. The molecule has 0 saturated carbocycles. The number of anilines is 2. The molecule has 5 nitrogen and oxygen atoms in total. The summed E-state index contributed by atoms with van der Waals surface area (Å²) in [4.78, 5) is 12.2. The second-order valence-corrected chi connectivity index (χ2v) is 8.35. The van der Waals surface area contributed by atoms with Gasteiger partial charge in [0.15, 0.2) is 0 Å². The van der Waals surface area contributed by atoms with Crippen LogP contribution in [0.3, 0.4) is 0 Å². The predicted octanol–water partition coefficient (Wildman–Crippen LogP) is 4.91. The number of sulfonamides is 1. The van der Waals surface area contributed by atoms with Gasteiger partial charge in [-0.1, -0.05) is 56.5 Å². The molecule has 0 bridgehead atoms. The Morgan fingerprint density at radius 2 is 1.88 bits per heavy atom. The fraction of sp³-hybridized carbons (Fsp3) is 0.316. The standard InChI is InChI=1S/C19H23ClN2O3S/c1-3-7-14(2)12-19(23)21-15-8-6-9-16(13-15)26(24,25)22-18-11-5-4-10-17(18)20/h4-6,8-11,13-14,22H,3,7,12H2,1-2H3,(H,21,23). The summed E-state index contributed by atoms with van der Waals surface area (Å²) in [6.45, 7) is 4.10. The molecule has 2 rings (SSSR count). The molecule has 1 unspecified atom stereocenters. The first-order chi connectivity index (χ1) is 12.3. The van der Waals surface area contributed by atoms with E-state index >= 15 is 0 Å². The highest BCUT2D eigenvalue weighted by molar-refractivity contribution is 7.92. The van der Waals surface area contributed by atoms with E-state index < -0.39 is 10.0 Å². The molecule has 0 aliphatic heterocycles. The van der Waals surface area contributed by atoms with Crippen molar-refractivity contribution in [2.75, 3.05) is 10.0 Å². The summed E-state index contributed by atoms with van der Waals surface area (Å²) in [7, 11) is -3.81. The number of amides is 1. The van der Waals surface area contributed by atoms with Crippen molar-refractivity contribution in [3.8, 4) is 0 Å². The van der Waals surface area contributed by atoms with Gasteiger partial charge in [0.2, 0.25) is 5.91 Å². The molecule has 140 valence electrons. The summed E-state index contributed by atoms with van der Waals surface area (Å²) in [6, 6.07) is 12.8. The zero-order chi connectivity index (χ0) is 19.2. The van der Waals surface area contributed by atoms with Gasteiger partial charge in [0.1, 0.15) is 0 Å². The third-order valence-corrected chi connectivity index (χ3v) is 5.55. The van der Waals surface area contributed by atoms with Gasteiger partial charge in [0.05, 0.1) is 15.6 Å². The largest absolute Gasteiger partial charge is 0.326 e. The van der Waals surface area contributed by atoms with Crippen LogP contribution in [0.1, 0.15) is 33.1 Å². The Morgan fingerprint density at radius 3 is 2.58 bits per heavy atom. The van der Waals surface area contributed by atoms with Gasteiger partial charge < -0.3 is 5.32 Å². The molecule has 7 heteroatoms. The van der Waals surface area contributed by atoms with E-state index in [9.17, 15) is 13.2 Å². The first-order valence-corrected chi connectivity index (χ1v) is 10.3. The number of para-hydroxylation sites is 1. The molecular formula is C19H23ClN2O3S. The maximum absolute atomic E-state index is 12.6. The van der Waals surface area contributed by atoms with Crippen molar-refractivity contribution in [1.82, 2.24) is 0 Å². The van der Waals surface area contributed by atoms with E-state index in [0.717, 1.165) is 12.8 Å². The van der Waals surface area contributed by atoms with Crippen molar-refractivity contribution in [1.29, 1.82) is 0 Å². The van der Waals surface area contributed by atoms with Crippen LogP contribution >= 0.6 is 11.6 Å². The molecule has 0 aromatic heterocycles. The van der Waals surface area contributed by atoms with Crippen molar-refractivity contribution >= 4 is 38.9 Å². The average molecular weight is 395 g/mol. The number of carbonyl (C=O) groups is 1. The van der Waals surface area contributed by atoms with Gasteiger partial charge in [0.25, 0.3) is 10.0 Å². The van der Waals surface area contributed by atoms with Crippen molar-refractivity contribution in [2.45, 2.75) is 38.0 Å². The van der Waals surface area contributed by atoms with E-state index in [0.29, 0.717) is 22.8 Å². The van der Waals surface area contributed by atoms with E-state index in [1.807, 2.05) is 6.92 Å². The van der Waals surface area contributed by atoms with E-state index in [2.05, 4.69) is 17.0 Å². The lowest BCUT2D eigenvalue weighted by Gasteiger charge is -2.12. The molecule has 2 aromatic carbocycles. The van der Waals surface area contributed by atoms with Gasteiger partial charge in [-0.05, 0) is 36.2 Å². The van der Waals surface area contributed by atoms with Gasteiger partial charge in [0, 0.05) is 12.1 Å². The van der Waals surface area contributed by atoms with Crippen LogP contribution in [0.25, 0.3) is 0 Å². The van der Waals surface area contributed by atoms with Crippen molar-refractivity contribution in [2.24, 2.45) is 5.92 Å². The summed E-state index contributed by atoms with van der Waals surface area (Å²) in [5.41, 5.74) is 0.748. The molecule has 0 spiro atoms. The summed E-state index contributed by atoms with van der Waals surface area (Å²) in [6.07, 6.45) is 2.40. The Labute approximate surface area is 159 Å². The molecule has 0 radical (unpaired) electrons. The molecular weight excluding hydrogens is 372 g/mol. The number of halogens is 1. The number of nitrogens with one attached hydrogen (secondary N) is 2. The fourth-order valence-corrected chi connectivity index (χ4v) is 3.98. The van der Waals surface area contributed by atoms with Gasteiger partial charge in [-0.15, -0.1) is 0 Å². The van der Waals surface area contributed by atoms with Crippen LogP contribution in [0.15, 0.2) is 53.4 Å². The van der Waals surface area contributed by atoms with Crippen LogP contribution < -0.4 is 10.0 Å².